The van der Waals surface area contributed by atoms with Crippen LogP contribution in [0.3, 0.4) is 0 Å². The first kappa shape index (κ1) is 9.92. The lowest BCUT2D eigenvalue weighted by atomic mass is 10.5. The Kier molecular flexibility index (Phi) is 2.45. The number of aromatic nitrogens is 3. The van der Waals surface area contributed by atoms with Crippen LogP contribution in [0, 0.1) is 6.92 Å². The van der Waals surface area contributed by atoms with Crippen molar-refractivity contribution in [1.82, 2.24) is 20.5 Å². The van der Waals surface area contributed by atoms with Crippen molar-refractivity contribution >= 4 is 11.3 Å². The summed E-state index contributed by atoms with van der Waals surface area (Å²) in [6.45, 7) is 2.62. The van der Waals surface area contributed by atoms with Crippen LogP contribution in [0.25, 0.3) is 10.8 Å². The molecule has 6 heteroatoms. The van der Waals surface area contributed by atoms with E-state index in [-0.39, 0.29) is 0 Å². The van der Waals surface area contributed by atoms with Gasteiger partial charge in [-0.05, 0) is 19.8 Å². The lowest BCUT2D eigenvalue weighted by molar-refractivity contribution is 0.477. The van der Waals surface area contributed by atoms with Gasteiger partial charge in [0.15, 0.2) is 0 Å². The molecule has 0 spiro atoms. The molecule has 1 N–H and O–H groups in total. The molecule has 16 heavy (non-hydrogen) atoms. The molecule has 0 saturated heterocycles. The first-order valence-corrected chi connectivity index (χ1v) is 6.11. The minimum absolute atomic E-state index is 0.568. The van der Waals surface area contributed by atoms with Gasteiger partial charge in [0.25, 0.3) is 5.89 Å². The largest absolute Gasteiger partial charge is 0.418 e. The molecule has 0 aliphatic heterocycles. The Morgan fingerprint density at radius 2 is 2.38 bits per heavy atom. The summed E-state index contributed by atoms with van der Waals surface area (Å²) in [4.78, 5) is 5.09. The van der Waals surface area contributed by atoms with Gasteiger partial charge >= 0.3 is 0 Å². The minimum Gasteiger partial charge on any atom is -0.418 e. The van der Waals surface area contributed by atoms with Crippen LogP contribution in [0.5, 0.6) is 0 Å². The van der Waals surface area contributed by atoms with Crippen molar-refractivity contribution in [2.24, 2.45) is 0 Å². The average molecular weight is 236 g/mol. The van der Waals surface area contributed by atoms with Gasteiger partial charge in [-0.2, -0.15) is 0 Å². The van der Waals surface area contributed by atoms with Gasteiger partial charge < -0.3 is 9.73 Å². The summed E-state index contributed by atoms with van der Waals surface area (Å²) in [6.07, 6.45) is 4.29. The van der Waals surface area contributed by atoms with Crippen LogP contribution in [0.15, 0.2) is 10.6 Å². The lowest BCUT2D eigenvalue weighted by Crippen LogP contribution is -2.15. The molecule has 2 heterocycles. The molecule has 2 aromatic heterocycles. The Bertz CT molecular complexity index is 488. The molecular weight excluding hydrogens is 224 g/mol. The Balaban J connectivity index is 1.71. The minimum atomic E-state index is 0.568. The molecule has 0 atom stereocenters. The highest BCUT2D eigenvalue weighted by atomic mass is 32.1. The van der Waals surface area contributed by atoms with E-state index in [0.29, 0.717) is 24.4 Å². The smallest absolute Gasteiger partial charge is 0.259 e. The number of hydrogen-bond acceptors (Lipinski definition) is 6. The molecule has 0 unspecified atom stereocenters. The normalized spacial score (nSPS) is 15.6. The Morgan fingerprint density at radius 3 is 3.06 bits per heavy atom. The van der Waals surface area contributed by atoms with E-state index in [9.17, 15) is 0 Å². The SMILES string of the molecule is Cc1ncc(-c2nnc(CNC3CC3)o2)s1. The fourth-order valence-corrected chi connectivity index (χ4v) is 2.10. The maximum atomic E-state index is 5.55. The van der Waals surface area contributed by atoms with Gasteiger partial charge in [0.1, 0.15) is 4.88 Å². The van der Waals surface area contributed by atoms with Gasteiger partial charge in [-0.3, -0.25) is 0 Å². The van der Waals surface area contributed by atoms with Crippen molar-refractivity contribution in [2.75, 3.05) is 0 Å². The van der Waals surface area contributed by atoms with Crippen molar-refractivity contribution in [1.29, 1.82) is 0 Å². The summed E-state index contributed by atoms with van der Waals surface area (Å²) >= 11 is 1.56. The molecule has 2 aromatic rings. The Hall–Kier alpha value is -1.27. The second-order valence-electron chi connectivity index (χ2n) is 3.90. The quantitative estimate of drug-likeness (QED) is 0.876. The number of nitrogens with zero attached hydrogens (tertiary/aromatic N) is 3. The van der Waals surface area contributed by atoms with Crippen LogP contribution in [-0.2, 0) is 6.54 Å². The molecule has 0 amide bonds. The number of rotatable bonds is 4. The maximum absolute atomic E-state index is 5.55. The highest BCUT2D eigenvalue weighted by molar-refractivity contribution is 7.14. The van der Waals surface area contributed by atoms with Crippen LogP contribution in [0.2, 0.25) is 0 Å². The predicted octanol–water partition coefficient (Wildman–Crippen LogP) is 1.75. The Labute approximate surface area is 96.9 Å². The number of nitrogens with one attached hydrogen (secondary N) is 1. The highest BCUT2D eigenvalue weighted by Crippen LogP contribution is 2.24. The van der Waals surface area contributed by atoms with Gasteiger partial charge in [0.2, 0.25) is 5.89 Å². The second-order valence-corrected chi connectivity index (χ2v) is 5.13. The van der Waals surface area contributed by atoms with E-state index < -0.39 is 0 Å². The third kappa shape index (κ3) is 2.12. The zero-order valence-corrected chi connectivity index (χ0v) is 9.75. The van der Waals surface area contributed by atoms with Crippen molar-refractivity contribution in [3.8, 4) is 10.8 Å². The van der Waals surface area contributed by atoms with E-state index in [0.717, 1.165) is 9.88 Å². The highest BCUT2D eigenvalue weighted by Gasteiger charge is 2.21. The van der Waals surface area contributed by atoms with Crippen LogP contribution in [-0.4, -0.2) is 21.2 Å². The maximum Gasteiger partial charge on any atom is 0.259 e. The zero-order valence-electron chi connectivity index (χ0n) is 8.93. The molecule has 0 aromatic carbocycles. The molecule has 1 aliphatic rings. The topological polar surface area (TPSA) is 63.8 Å². The van der Waals surface area contributed by atoms with Crippen molar-refractivity contribution in [2.45, 2.75) is 32.4 Å². The first-order chi connectivity index (χ1) is 7.81. The van der Waals surface area contributed by atoms with E-state index in [4.69, 9.17) is 4.42 Å². The molecule has 0 bridgehead atoms. The average Bonchev–Trinajstić information content (AvgIpc) is 2.81. The van der Waals surface area contributed by atoms with Crippen molar-refractivity contribution in [3.05, 3.63) is 17.1 Å². The summed E-state index contributed by atoms with van der Waals surface area (Å²) < 4.78 is 5.55. The molecule has 1 saturated carbocycles. The van der Waals surface area contributed by atoms with Crippen LogP contribution in [0.1, 0.15) is 23.7 Å². The van der Waals surface area contributed by atoms with Gasteiger partial charge in [-0.15, -0.1) is 21.5 Å². The number of hydrogen-bond donors (Lipinski definition) is 1. The van der Waals surface area contributed by atoms with Gasteiger partial charge in [-0.1, -0.05) is 0 Å². The van der Waals surface area contributed by atoms with Crippen molar-refractivity contribution in [3.63, 3.8) is 0 Å². The molecule has 5 nitrogen and oxygen atoms in total. The van der Waals surface area contributed by atoms with E-state index in [1.54, 1.807) is 17.5 Å². The molecular formula is C10H12N4OS. The van der Waals surface area contributed by atoms with Crippen LogP contribution in [0.4, 0.5) is 0 Å². The molecule has 3 rings (SSSR count). The van der Waals surface area contributed by atoms with Crippen LogP contribution < -0.4 is 5.32 Å². The molecule has 84 valence electrons. The monoisotopic (exact) mass is 236 g/mol. The fraction of sp³-hybridized carbons (Fsp3) is 0.500. The van der Waals surface area contributed by atoms with Gasteiger partial charge in [-0.25, -0.2) is 4.98 Å². The van der Waals surface area contributed by atoms with E-state index in [1.165, 1.54) is 12.8 Å². The first-order valence-electron chi connectivity index (χ1n) is 5.30. The zero-order chi connectivity index (χ0) is 11.0. The summed E-state index contributed by atoms with van der Waals surface area (Å²) in [5.41, 5.74) is 0. The third-order valence-electron chi connectivity index (χ3n) is 2.42. The predicted molar refractivity (Wildman–Crippen MR) is 60.0 cm³/mol. The second kappa shape index (κ2) is 3.95. The van der Waals surface area contributed by atoms with E-state index in [2.05, 4.69) is 20.5 Å². The van der Waals surface area contributed by atoms with Gasteiger partial charge in [0.05, 0.1) is 17.7 Å². The molecule has 1 aliphatic carbocycles. The van der Waals surface area contributed by atoms with Crippen molar-refractivity contribution < 1.29 is 4.42 Å². The molecule has 1 fully saturated rings. The summed E-state index contributed by atoms with van der Waals surface area (Å²) in [6, 6.07) is 0.654. The van der Waals surface area contributed by atoms with Crippen LogP contribution >= 0.6 is 11.3 Å². The fourth-order valence-electron chi connectivity index (χ4n) is 1.40. The Morgan fingerprint density at radius 1 is 1.50 bits per heavy atom. The summed E-state index contributed by atoms with van der Waals surface area (Å²) in [5, 5.41) is 12.4. The summed E-state index contributed by atoms with van der Waals surface area (Å²) in [5.74, 6) is 1.21. The number of thiazole rings is 1. The van der Waals surface area contributed by atoms with E-state index >= 15 is 0 Å². The third-order valence-corrected chi connectivity index (χ3v) is 3.32. The lowest BCUT2D eigenvalue weighted by Gasteiger charge is -1.95. The summed E-state index contributed by atoms with van der Waals surface area (Å²) in [7, 11) is 0. The van der Waals surface area contributed by atoms with Gasteiger partial charge in [0, 0.05) is 6.04 Å². The standard InChI is InChI=1S/C10H12N4OS/c1-6-11-4-8(16-6)10-14-13-9(15-10)5-12-7-2-3-7/h4,7,12H,2-3,5H2,1H3. The van der Waals surface area contributed by atoms with E-state index in [1.807, 2.05) is 6.92 Å². The molecule has 0 radical (unpaired) electrons. The number of aryl methyl sites for hydroxylation is 1.